The Balaban J connectivity index is 1.99. The van der Waals surface area contributed by atoms with Gasteiger partial charge in [0.15, 0.2) is 0 Å². The molecule has 0 saturated carbocycles. The summed E-state index contributed by atoms with van der Waals surface area (Å²) in [6.07, 6.45) is 1.39. The van der Waals surface area contributed by atoms with E-state index in [2.05, 4.69) is 5.32 Å². The van der Waals surface area contributed by atoms with Crippen molar-refractivity contribution >= 4 is 33.2 Å². The van der Waals surface area contributed by atoms with Crippen molar-refractivity contribution in [2.75, 3.05) is 10.6 Å². The van der Waals surface area contributed by atoms with E-state index in [1.807, 2.05) is 61.5 Å². The summed E-state index contributed by atoms with van der Waals surface area (Å²) in [7, 11) is -3.75. The first-order valence-corrected chi connectivity index (χ1v) is 12.6. The molecule has 0 aliphatic heterocycles. The molecule has 168 valence electrons. The molecule has 7 heteroatoms. The number of halogens is 1. The van der Waals surface area contributed by atoms with Gasteiger partial charge in [0.05, 0.1) is 18.0 Å². The van der Waals surface area contributed by atoms with Gasteiger partial charge in [-0.15, -0.1) is 0 Å². The normalized spacial score (nSPS) is 13.2. The molecule has 1 N–H and O–H groups in total. The third kappa shape index (κ3) is 5.69. The van der Waals surface area contributed by atoms with Crippen LogP contribution >= 0.6 is 11.6 Å². The van der Waals surface area contributed by atoms with E-state index in [4.69, 9.17) is 11.6 Å². The van der Waals surface area contributed by atoms with Crippen LogP contribution in [0.3, 0.4) is 0 Å². The number of sulfonamides is 1. The number of benzene rings is 3. The van der Waals surface area contributed by atoms with Crippen molar-refractivity contribution in [1.82, 2.24) is 5.32 Å². The second kappa shape index (κ2) is 10.2. The highest BCUT2D eigenvalue weighted by Gasteiger charge is 2.33. The van der Waals surface area contributed by atoms with Gasteiger partial charge < -0.3 is 5.32 Å². The first-order chi connectivity index (χ1) is 15.2. The summed E-state index contributed by atoms with van der Waals surface area (Å²) in [6.45, 7) is 3.79. The lowest BCUT2D eigenvalue weighted by Crippen LogP contribution is -2.50. The summed E-state index contributed by atoms with van der Waals surface area (Å²) in [4.78, 5) is 13.5. The van der Waals surface area contributed by atoms with Gasteiger partial charge in [0.25, 0.3) is 0 Å². The first-order valence-electron chi connectivity index (χ1n) is 10.4. The highest BCUT2D eigenvalue weighted by molar-refractivity contribution is 7.92. The average molecular weight is 471 g/mol. The fraction of sp³-hybridized carbons (Fsp3) is 0.240. The van der Waals surface area contributed by atoms with Gasteiger partial charge in [-0.25, -0.2) is 8.42 Å². The second-order valence-corrected chi connectivity index (χ2v) is 10.0. The Morgan fingerprint density at radius 1 is 0.969 bits per heavy atom. The molecular formula is C25H27ClN2O3S. The molecule has 0 saturated heterocycles. The Hall–Kier alpha value is -2.83. The minimum atomic E-state index is -3.75. The largest absolute Gasteiger partial charge is 0.343 e. The Morgan fingerprint density at radius 3 is 2.16 bits per heavy atom. The van der Waals surface area contributed by atoms with Crippen molar-refractivity contribution in [1.29, 1.82) is 0 Å². The molecule has 3 aromatic rings. The van der Waals surface area contributed by atoms with Crippen LogP contribution in [0.25, 0.3) is 0 Å². The summed E-state index contributed by atoms with van der Waals surface area (Å²) in [6, 6.07) is 22.7. The second-order valence-electron chi connectivity index (χ2n) is 7.73. The number of carbonyl (C=O) groups excluding carboxylic acids is 1. The van der Waals surface area contributed by atoms with Gasteiger partial charge in [-0.2, -0.15) is 0 Å². The molecule has 0 radical (unpaired) electrons. The molecule has 0 fully saturated rings. The van der Waals surface area contributed by atoms with Gasteiger partial charge in [0, 0.05) is 5.02 Å². The van der Waals surface area contributed by atoms with Crippen LogP contribution in [0.1, 0.15) is 36.1 Å². The molecule has 3 aromatic carbocycles. The van der Waals surface area contributed by atoms with Crippen molar-refractivity contribution in [3.63, 3.8) is 0 Å². The number of carbonyl (C=O) groups is 1. The third-order valence-corrected chi connectivity index (χ3v) is 6.64. The van der Waals surface area contributed by atoms with Crippen LogP contribution in [0, 0.1) is 6.92 Å². The first kappa shape index (κ1) is 23.8. The Morgan fingerprint density at radius 2 is 1.59 bits per heavy atom. The van der Waals surface area contributed by atoms with Gasteiger partial charge in [0.2, 0.25) is 15.9 Å². The zero-order chi connectivity index (χ0) is 23.3. The number of amides is 1. The summed E-state index contributed by atoms with van der Waals surface area (Å²) >= 11 is 6.10. The van der Waals surface area contributed by atoms with Crippen LogP contribution < -0.4 is 9.62 Å². The highest BCUT2D eigenvalue weighted by Crippen LogP contribution is 2.27. The molecule has 3 rings (SSSR count). The molecule has 0 aliphatic rings. The van der Waals surface area contributed by atoms with Crippen LogP contribution in [0.4, 0.5) is 5.69 Å². The smallest absolute Gasteiger partial charge is 0.244 e. The number of nitrogens with zero attached hydrogens (tertiary/aromatic N) is 1. The van der Waals surface area contributed by atoms with E-state index in [-0.39, 0.29) is 5.91 Å². The van der Waals surface area contributed by atoms with Gasteiger partial charge in [-0.3, -0.25) is 9.10 Å². The van der Waals surface area contributed by atoms with Crippen molar-refractivity contribution in [3.05, 3.63) is 101 Å². The van der Waals surface area contributed by atoms with Crippen molar-refractivity contribution in [3.8, 4) is 0 Å². The van der Waals surface area contributed by atoms with E-state index in [1.165, 1.54) is 0 Å². The van der Waals surface area contributed by atoms with Crippen LogP contribution in [0.5, 0.6) is 0 Å². The van der Waals surface area contributed by atoms with Gasteiger partial charge in [-0.1, -0.05) is 84.8 Å². The number of anilines is 1. The predicted molar refractivity (Wildman–Crippen MR) is 130 cm³/mol. The van der Waals surface area contributed by atoms with Crippen molar-refractivity contribution < 1.29 is 13.2 Å². The number of nitrogens with one attached hydrogen (secondary N) is 1. The van der Waals surface area contributed by atoms with Gasteiger partial charge >= 0.3 is 0 Å². The van der Waals surface area contributed by atoms with Gasteiger partial charge in [0.1, 0.15) is 6.04 Å². The molecule has 2 atom stereocenters. The number of aryl methyl sites for hydroxylation is 1. The fourth-order valence-corrected chi connectivity index (χ4v) is 5.06. The number of hydrogen-bond donors (Lipinski definition) is 1. The maximum absolute atomic E-state index is 13.5. The zero-order valence-electron chi connectivity index (χ0n) is 18.3. The molecule has 0 aromatic heterocycles. The fourth-order valence-electron chi connectivity index (χ4n) is 3.68. The molecule has 0 aliphatic carbocycles. The minimum Gasteiger partial charge on any atom is -0.343 e. The highest BCUT2D eigenvalue weighted by atomic mass is 35.5. The van der Waals surface area contributed by atoms with Crippen LogP contribution in [0.2, 0.25) is 5.02 Å². The maximum Gasteiger partial charge on any atom is 0.244 e. The predicted octanol–water partition coefficient (Wildman–Crippen LogP) is 5.10. The molecular weight excluding hydrogens is 444 g/mol. The standard InChI is InChI=1S/C25H27ClN2O3S/c1-4-23(28(32(3,30)31)22-12-8-11-21(26)17-22)25(29)27-24(19-9-6-5-7-10-19)20-15-13-18(2)14-16-20/h5-17,23-24H,4H2,1-3H3,(H,27,29)/t23-,24+/m1/s1. The average Bonchev–Trinajstić information content (AvgIpc) is 2.76. The quantitative estimate of drug-likeness (QED) is 0.498. The minimum absolute atomic E-state index is 0.292. The Labute approximate surface area is 195 Å². The molecule has 0 bridgehead atoms. The topological polar surface area (TPSA) is 66.5 Å². The third-order valence-electron chi connectivity index (χ3n) is 5.22. The van der Waals surface area contributed by atoms with Crippen LogP contribution in [-0.4, -0.2) is 26.6 Å². The van der Waals surface area contributed by atoms with Crippen LogP contribution in [-0.2, 0) is 14.8 Å². The van der Waals surface area contributed by atoms with E-state index in [0.29, 0.717) is 17.1 Å². The summed E-state index contributed by atoms with van der Waals surface area (Å²) in [5.41, 5.74) is 3.29. The van der Waals surface area contributed by atoms with E-state index in [0.717, 1.165) is 27.3 Å². The monoisotopic (exact) mass is 470 g/mol. The molecule has 0 heterocycles. The Kier molecular flexibility index (Phi) is 7.59. The summed E-state index contributed by atoms with van der Waals surface area (Å²) < 4.78 is 26.6. The molecule has 0 spiro atoms. The molecule has 0 unspecified atom stereocenters. The number of hydrogen-bond acceptors (Lipinski definition) is 3. The maximum atomic E-state index is 13.5. The lowest BCUT2D eigenvalue weighted by molar-refractivity contribution is -0.122. The Bertz CT molecular complexity index is 1170. The van der Waals surface area contributed by atoms with E-state index in [1.54, 1.807) is 31.2 Å². The summed E-state index contributed by atoms with van der Waals surface area (Å²) in [5.74, 6) is -0.382. The van der Waals surface area contributed by atoms with Crippen molar-refractivity contribution in [2.45, 2.75) is 32.4 Å². The summed E-state index contributed by atoms with van der Waals surface area (Å²) in [5, 5.41) is 3.48. The van der Waals surface area contributed by atoms with Crippen molar-refractivity contribution in [2.24, 2.45) is 0 Å². The molecule has 5 nitrogen and oxygen atoms in total. The lowest BCUT2D eigenvalue weighted by atomic mass is 9.97. The van der Waals surface area contributed by atoms with E-state index in [9.17, 15) is 13.2 Å². The molecule has 32 heavy (non-hydrogen) atoms. The van der Waals surface area contributed by atoms with E-state index < -0.39 is 22.1 Å². The molecule has 1 amide bonds. The van der Waals surface area contributed by atoms with E-state index >= 15 is 0 Å². The van der Waals surface area contributed by atoms with Crippen LogP contribution in [0.15, 0.2) is 78.9 Å². The zero-order valence-corrected chi connectivity index (χ0v) is 19.9. The van der Waals surface area contributed by atoms with Gasteiger partial charge in [-0.05, 0) is 42.7 Å². The SMILES string of the molecule is CC[C@H](C(=O)N[C@@H](c1ccccc1)c1ccc(C)cc1)N(c1cccc(Cl)c1)S(C)(=O)=O. The lowest BCUT2D eigenvalue weighted by Gasteiger charge is -2.32. The number of rotatable bonds is 8.